The summed E-state index contributed by atoms with van der Waals surface area (Å²) in [5.74, 6) is 0.242. The van der Waals surface area contributed by atoms with E-state index in [1.54, 1.807) is 43.5 Å². The van der Waals surface area contributed by atoms with Crippen LogP contribution in [0.1, 0.15) is 23.6 Å². The van der Waals surface area contributed by atoms with Crippen molar-refractivity contribution < 1.29 is 38.4 Å². The highest BCUT2D eigenvalue weighted by Gasteiger charge is 2.46. The molecule has 0 spiro atoms. The van der Waals surface area contributed by atoms with Gasteiger partial charge in [0.1, 0.15) is 19.0 Å². The zero-order valence-corrected chi connectivity index (χ0v) is 19.3. The summed E-state index contributed by atoms with van der Waals surface area (Å²) in [7, 11) is 4.60. The number of methoxy groups -OCH3 is 3. The number of ketones is 1. The van der Waals surface area contributed by atoms with Crippen LogP contribution in [-0.4, -0.2) is 69.4 Å². The molecule has 1 saturated heterocycles. The summed E-state index contributed by atoms with van der Waals surface area (Å²) >= 11 is 0. The van der Waals surface area contributed by atoms with Gasteiger partial charge in [0.15, 0.2) is 23.0 Å². The summed E-state index contributed by atoms with van der Waals surface area (Å²) in [6.45, 7) is 1.51. The zero-order chi connectivity index (χ0) is 24.2. The van der Waals surface area contributed by atoms with Crippen LogP contribution in [0.4, 0.5) is 0 Å². The van der Waals surface area contributed by atoms with E-state index in [-0.39, 0.29) is 17.9 Å². The number of hydrogen-bond acceptors (Lipinski definition) is 8. The highest BCUT2D eigenvalue weighted by Crippen LogP contribution is 2.43. The van der Waals surface area contributed by atoms with Crippen molar-refractivity contribution >= 4 is 17.4 Å². The van der Waals surface area contributed by atoms with Gasteiger partial charge in [-0.25, -0.2) is 0 Å². The number of ether oxygens (including phenoxy) is 5. The normalized spacial score (nSPS) is 18.8. The molecule has 1 fully saturated rings. The van der Waals surface area contributed by atoms with Crippen molar-refractivity contribution in [2.75, 3.05) is 47.7 Å². The molecule has 0 saturated carbocycles. The fourth-order valence-corrected chi connectivity index (χ4v) is 4.21. The van der Waals surface area contributed by atoms with Crippen molar-refractivity contribution in [1.82, 2.24) is 4.90 Å². The highest BCUT2D eigenvalue weighted by molar-refractivity contribution is 6.46. The first-order chi connectivity index (χ1) is 16.5. The SMILES string of the molecule is COCCCN1C(=O)C(=O)C(=C(O)c2ccc3c(c2)OCCO3)C1c1ccc(OC)c(OC)c1. The molecule has 9 nitrogen and oxygen atoms in total. The van der Waals surface area contributed by atoms with Crippen molar-refractivity contribution in [3.63, 3.8) is 0 Å². The molecule has 2 aliphatic heterocycles. The minimum absolute atomic E-state index is 0.00804. The van der Waals surface area contributed by atoms with Gasteiger partial charge >= 0.3 is 0 Å². The maximum atomic E-state index is 13.2. The van der Waals surface area contributed by atoms with E-state index < -0.39 is 17.7 Å². The maximum Gasteiger partial charge on any atom is 0.295 e. The molecule has 2 heterocycles. The quantitative estimate of drug-likeness (QED) is 0.272. The van der Waals surface area contributed by atoms with Gasteiger partial charge in [-0.1, -0.05) is 6.07 Å². The Morgan fingerprint density at radius 3 is 2.44 bits per heavy atom. The Morgan fingerprint density at radius 1 is 1.00 bits per heavy atom. The minimum atomic E-state index is -0.815. The van der Waals surface area contributed by atoms with Crippen LogP contribution in [0.25, 0.3) is 5.76 Å². The molecule has 1 atom stereocenters. The van der Waals surface area contributed by atoms with E-state index >= 15 is 0 Å². The van der Waals surface area contributed by atoms with Crippen molar-refractivity contribution in [2.24, 2.45) is 0 Å². The molecule has 2 aliphatic rings. The minimum Gasteiger partial charge on any atom is -0.507 e. The lowest BCUT2D eigenvalue weighted by atomic mass is 9.94. The maximum absolute atomic E-state index is 13.2. The molecule has 0 radical (unpaired) electrons. The van der Waals surface area contributed by atoms with Gasteiger partial charge in [-0.15, -0.1) is 0 Å². The Morgan fingerprint density at radius 2 is 1.74 bits per heavy atom. The first-order valence-electron chi connectivity index (χ1n) is 10.9. The van der Waals surface area contributed by atoms with Crippen LogP contribution in [-0.2, 0) is 14.3 Å². The van der Waals surface area contributed by atoms with E-state index in [1.807, 2.05) is 0 Å². The second-order valence-corrected chi connectivity index (χ2v) is 7.81. The average Bonchev–Trinajstić information content (AvgIpc) is 3.12. The van der Waals surface area contributed by atoms with Gasteiger partial charge in [0.05, 0.1) is 25.8 Å². The van der Waals surface area contributed by atoms with Crippen molar-refractivity contribution in [3.8, 4) is 23.0 Å². The largest absolute Gasteiger partial charge is 0.507 e. The second-order valence-electron chi connectivity index (χ2n) is 7.81. The van der Waals surface area contributed by atoms with Crippen LogP contribution in [0.15, 0.2) is 42.0 Å². The van der Waals surface area contributed by atoms with Crippen LogP contribution < -0.4 is 18.9 Å². The summed E-state index contributed by atoms with van der Waals surface area (Å²) in [6, 6.07) is 9.25. The van der Waals surface area contributed by atoms with Crippen LogP contribution in [0.3, 0.4) is 0 Å². The number of fused-ring (bicyclic) bond motifs is 1. The van der Waals surface area contributed by atoms with Crippen LogP contribution >= 0.6 is 0 Å². The van der Waals surface area contributed by atoms with Gasteiger partial charge in [-0.3, -0.25) is 9.59 Å². The molecular formula is C25H27NO8. The number of benzene rings is 2. The third-order valence-corrected chi connectivity index (χ3v) is 5.83. The highest BCUT2D eigenvalue weighted by atomic mass is 16.6. The van der Waals surface area contributed by atoms with E-state index in [4.69, 9.17) is 23.7 Å². The van der Waals surface area contributed by atoms with E-state index in [9.17, 15) is 14.7 Å². The molecule has 2 aromatic rings. The summed E-state index contributed by atoms with van der Waals surface area (Å²) < 4.78 is 27.0. The molecule has 180 valence electrons. The van der Waals surface area contributed by atoms with Crippen LogP contribution in [0, 0.1) is 0 Å². The molecule has 0 bridgehead atoms. The second kappa shape index (κ2) is 10.0. The Kier molecular flexibility index (Phi) is 6.93. The predicted molar refractivity (Wildman–Crippen MR) is 122 cm³/mol. The molecule has 9 heteroatoms. The van der Waals surface area contributed by atoms with Crippen LogP contribution in [0.5, 0.6) is 23.0 Å². The van der Waals surface area contributed by atoms with Gasteiger partial charge in [0.25, 0.3) is 11.7 Å². The monoisotopic (exact) mass is 469 g/mol. The number of rotatable bonds is 8. The summed E-state index contributed by atoms with van der Waals surface area (Å²) in [6.07, 6.45) is 0.525. The third-order valence-electron chi connectivity index (χ3n) is 5.83. The number of carbonyl (C=O) groups excluding carboxylic acids is 2. The molecule has 2 aromatic carbocycles. The average molecular weight is 469 g/mol. The Labute approximate surface area is 197 Å². The lowest BCUT2D eigenvalue weighted by Gasteiger charge is -2.26. The number of aliphatic hydroxyl groups is 1. The number of nitrogens with zero attached hydrogens (tertiary/aromatic N) is 1. The smallest absolute Gasteiger partial charge is 0.295 e. The zero-order valence-electron chi connectivity index (χ0n) is 19.3. The predicted octanol–water partition coefficient (Wildman–Crippen LogP) is 2.93. The molecule has 0 aliphatic carbocycles. The summed E-state index contributed by atoms with van der Waals surface area (Å²) in [5, 5.41) is 11.3. The van der Waals surface area contributed by atoms with Gasteiger partial charge in [0, 0.05) is 25.8 Å². The molecule has 1 amide bonds. The summed E-state index contributed by atoms with van der Waals surface area (Å²) in [5.41, 5.74) is 0.948. The van der Waals surface area contributed by atoms with E-state index in [0.717, 1.165) is 0 Å². The standard InChI is InChI=1S/C25H27NO8/c1-30-10-4-9-26-22(15-5-7-17(31-2)19(13-15)32-3)21(24(28)25(26)29)23(27)16-6-8-18-20(14-16)34-12-11-33-18/h5-8,13-14,22,27H,4,9-12H2,1-3H3. The van der Waals surface area contributed by atoms with Crippen molar-refractivity contribution in [1.29, 1.82) is 0 Å². The van der Waals surface area contributed by atoms with E-state index in [2.05, 4.69) is 0 Å². The lowest BCUT2D eigenvalue weighted by Crippen LogP contribution is -2.31. The number of aliphatic hydroxyl groups excluding tert-OH is 1. The van der Waals surface area contributed by atoms with Crippen LogP contribution in [0.2, 0.25) is 0 Å². The summed E-state index contributed by atoms with van der Waals surface area (Å²) in [4.78, 5) is 27.6. The van der Waals surface area contributed by atoms with Gasteiger partial charge < -0.3 is 33.7 Å². The lowest BCUT2D eigenvalue weighted by molar-refractivity contribution is -0.140. The fourth-order valence-electron chi connectivity index (χ4n) is 4.21. The first kappa shape index (κ1) is 23.4. The van der Waals surface area contributed by atoms with Gasteiger partial charge in [0.2, 0.25) is 0 Å². The number of hydrogen-bond donors (Lipinski definition) is 1. The molecule has 0 aromatic heterocycles. The Hall–Kier alpha value is -3.72. The Balaban J connectivity index is 1.83. The number of Topliss-reactive ketones (excluding diaryl/α,β-unsaturated/α-hetero) is 1. The molecular weight excluding hydrogens is 442 g/mol. The number of likely N-dealkylation sites (tertiary alicyclic amines) is 1. The number of carbonyl (C=O) groups is 2. The van der Waals surface area contributed by atoms with E-state index in [1.165, 1.54) is 19.1 Å². The Bertz CT molecular complexity index is 1130. The fraction of sp³-hybridized carbons (Fsp3) is 0.360. The molecule has 1 unspecified atom stereocenters. The first-order valence-corrected chi connectivity index (χ1v) is 10.9. The van der Waals surface area contributed by atoms with Crippen molar-refractivity contribution in [2.45, 2.75) is 12.5 Å². The van der Waals surface area contributed by atoms with Crippen molar-refractivity contribution in [3.05, 3.63) is 53.1 Å². The van der Waals surface area contributed by atoms with Gasteiger partial charge in [-0.2, -0.15) is 0 Å². The van der Waals surface area contributed by atoms with Gasteiger partial charge in [-0.05, 0) is 42.3 Å². The van der Waals surface area contributed by atoms with E-state index in [0.29, 0.717) is 60.4 Å². The molecule has 4 rings (SSSR count). The topological polar surface area (TPSA) is 104 Å². The molecule has 1 N–H and O–H groups in total. The third kappa shape index (κ3) is 4.26. The molecule has 34 heavy (non-hydrogen) atoms. The number of amides is 1.